The summed E-state index contributed by atoms with van der Waals surface area (Å²) in [5, 5.41) is 3.02. The molecular weight excluding hydrogens is 260 g/mol. The normalized spacial score (nSPS) is 18.1. The lowest BCUT2D eigenvalue weighted by Crippen LogP contribution is -2.24. The van der Waals surface area contributed by atoms with Crippen LogP contribution in [0.4, 0.5) is 5.82 Å². The minimum atomic E-state index is 0.428. The van der Waals surface area contributed by atoms with Crippen LogP contribution in [-0.4, -0.2) is 17.5 Å². The minimum absolute atomic E-state index is 0.428. The van der Waals surface area contributed by atoms with E-state index in [2.05, 4.69) is 39.6 Å². The van der Waals surface area contributed by atoms with Gasteiger partial charge in [0.2, 0.25) is 0 Å². The number of nitrogens with zero attached hydrogens (tertiary/aromatic N) is 2. The number of benzene rings is 1. The topological polar surface area (TPSA) is 63.3 Å². The van der Waals surface area contributed by atoms with Crippen LogP contribution in [0.15, 0.2) is 53.7 Å². The van der Waals surface area contributed by atoms with Gasteiger partial charge in [-0.1, -0.05) is 30.3 Å². The van der Waals surface area contributed by atoms with Crippen molar-refractivity contribution in [2.75, 3.05) is 11.9 Å². The van der Waals surface area contributed by atoms with Crippen molar-refractivity contribution in [2.45, 2.75) is 25.2 Å². The second-order valence-corrected chi connectivity index (χ2v) is 5.35. The quantitative estimate of drug-likeness (QED) is 0.671. The van der Waals surface area contributed by atoms with E-state index in [1.54, 1.807) is 6.20 Å². The van der Waals surface area contributed by atoms with Gasteiger partial charge < -0.3 is 11.1 Å². The Balaban J connectivity index is 1.66. The number of aromatic nitrogens is 1. The van der Waals surface area contributed by atoms with Gasteiger partial charge in [-0.3, -0.25) is 4.99 Å². The second kappa shape index (κ2) is 6.39. The van der Waals surface area contributed by atoms with Gasteiger partial charge in [-0.05, 0) is 42.5 Å². The highest BCUT2D eigenvalue weighted by molar-refractivity contribution is 5.91. The molecule has 0 bridgehead atoms. The number of aryl methyl sites for hydroxylation is 1. The fourth-order valence-corrected chi connectivity index (χ4v) is 2.86. The fourth-order valence-electron chi connectivity index (χ4n) is 2.86. The van der Waals surface area contributed by atoms with E-state index in [4.69, 9.17) is 5.73 Å². The highest BCUT2D eigenvalue weighted by Gasteiger charge is 2.19. The third-order valence-electron chi connectivity index (χ3n) is 3.90. The first-order valence-electron chi connectivity index (χ1n) is 7.39. The van der Waals surface area contributed by atoms with Gasteiger partial charge in [-0.2, -0.15) is 0 Å². The highest BCUT2D eigenvalue weighted by atomic mass is 15.1. The lowest BCUT2D eigenvalue weighted by Gasteiger charge is -2.24. The Kier molecular flexibility index (Phi) is 4.15. The summed E-state index contributed by atoms with van der Waals surface area (Å²) in [5.74, 6) is 1.62. The molecule has 0 amide bonds. The van der Waals surface area contributed by atoms with E-state index in [9.17, 15) is 0 Å². The molecule has 21 heavy (non-hydrogen) atoms. The summed E-state index contributed by atoms with van der Waals surface area (Å²) in [6.45, 7) is 0.725. The van der Waals surface area contributed by atoms with Crippen LogP contribution in [0.1, 0.15) is 29.9 Å². The maximum atomic E-state index is 5.94. The predicted molar refractivity (Wildman–Crippen MR) is 86.5 cm³/mol. The van der Waals surface area contributed by atoms with Crippen LogP contribution in [0.3, 0.4) is 0 Å². The van der Waals surface area contributed by atoms with E-state index in [1.807, 2.05) is 18.2 Å². The summed E-state index contributed by atoms with van der Waals surface area (Å²) in [6.07, 6.45) is 5.31. The number of guanidine groups is 1. The van der Waals surface area contributed by atoms with Crippen molar-refractivity contribution in [2.24, 2.45) is 10.7 Å². The van der Waals surface area contributed by atoms with Gasteiger partial charge in [0.15, 0.2) is 5.96 Å². The second-order valence-electron chi connectivity index (χ2n) is 5.35. The van der Waals surface area contributed by atoms with E-state index in [-0.39, 0.29) is 0 Å². The van der Waals surface area contributed by atoms with Gasteiger partial charge in [0.1, 0.15) is 5.82 Å². The fraction of sp³-hybridized carbons (Fsp3) is 0.294. The summed E-state index contributed by atoms with van der Waals surface area (Å²) in [7, 11) is 0. The molecular formula is C17H20N4. The molecule has 1 aromatic carbocycles. The lowest BCUT2D eigenvalue weighted by atomic mass is 9.83. The average molecular weight is 280 g/mol. The smallest absolute Gasteiger partial charge is 0.194 e. The molecule has 1 aromatic heterocycles. The molecule has 1 heterocycles. The van der Waals surface area contributed by atoms with Crippen molar-refractivity contribution >= 4 is 11.8 Å². The Bertz CT molecular complexity index is 622. The number of fused-ring (bicyclic) bond motifs is 1. The molecule has 0 saturated carbocycles. The molecule has 1 aliphatic carbocycles. The molecule has 0 aliphatic heterocycles. The summed E-state index contributed by atoms with van der Waals surface area (Å²) in [6, 6.07) is 14.3. The van der Waals surface area contributed by atoms with Crippen molar-refractivity contribution in [1.29, 1.82) is 0 Å². The molecule has 0 saturated heterocycles. The number of nitrogens with one attached hydrogen (secondary N) is 1. The minimum Gasteiger partial charge on any atom is -0.370 e. The average Bonchev–Trinajstić information content (AvgIpc) is 2.54. The molecule has 4 heteroatoms. The molecule has 3 N–H and O–H groups in total. The van der Waals surface area contributed by atoms with Crippen molar-refractivity contribution in [3.8, 4) is 0 Å². The molecule has 1 aliphatic rings. The summed E-state index contributed by atoms with van der Waals surface area (Å²) >= 11 is 0. The van der Waals surface area contributed by atoms with E-state index in [0.717, 1.165) is 12.4 Å². The summed E-state index contributed by atoms with van der Waals surface area (Å²) in [5.41, 5.74) is 8.83. The Morgan fingerprint density at radius 2 is 2.10 bits per heavy atom. The number of nitrogens with two attached hydrogens (primary N) is 1. The molecule has 2 aromatic rings. The Morgan fingerprint density at radius 1 is 1.24 bits per heavy atom. The molecule has 4 nitrogen and oxygen atoms in total. The SMILES string of the molecule is NC(=NCC1CCCc2ccccc21)Nc1ccccn1. The van der Waals surface area contributed by atoms with Crippen LogP contribution < -0.4 is 11.1 Å². The molecule has 3 rings (SSSR count). The van der Waals surface area contributed by atoms with Crippen molar-refractivity contribution < 1.29 is 0 Å². The van der Waals surface area contributed by atoms with E-state index < -0.39 is 0 Å². The Labute approximate surface area is 125 Å². The van der Waals surface area contributed by atoms with Gasteiger partial charge in [-0.15, -0.1) is 0 Å². The number of hydrogen-bond donors (Lipinski definition) is 2. The largest absolute Gasteiger partial charge is 0.370 e. The number of hydrogen-bond acceptors (Lipinski definition) is 2. The van der Waals surface area contributed by atoms with Crippen LogP contribution in [-0.2, 0) is 6.42 Å². The molecule has 1 atom stereocenters. The van der Waals surface area contributed by atoms with Gasteiger partial charge in [0.25, 0.3) is 0 Å². The zero-order valence-corrected chi connectivity index (χ0v) is 12.0. The molecule has 0 fully saturated rings. The monoisotopic (exact) mass is 280 g/mol. The third kappa shape index (κ3) is 3.40. The molecule has 0 spiro atoms. The van der Waals surface area contributed by atoms with Crippen LogP contribution >= 0.6 is 0 Å². The maximum Gasteiger partial charge on any atom is 0.194 e. The van der Waals surface area contributed by atoms with E-state index in [1.165, 1.54) is 30.4 Å². The van der Waals surface area contributed by atoms with Crippen LogP contribution in [0, 0.1) is 0 Å². The summed E-state index contributed by atoms with van der Waals surface area (Å²) < 4.78 is 0. The van der Waals surface area contributed by atoms with Gasteiger partial charge in [0, 0.05) is 18.7 Å². The lowest BCUT2D eigenvalue weighted by molar-refractivity contribution is 0.561. The zero-order chi connectivity index (χ0) is 14.5. The van der Waals surface area contributed by atoms with E-state index in [0.29, 0.717) is 11.9 Å². The highest BCUT2D eigenvalue weighted by Crippen LogP contribution is 2.31. The molecule has 0 radical (unpaired) electrons. The predicted octanol–water partition coefficient (Wildman–Crippen LogP) is 2.93. The first-order chi connectivity index (χ1) is 10.3. The first kappa shape index (κ1) is 13.6. The zero-order valence-electron chi connectivity index (χ0n) is 12.0. The molecule has 108 valence electrons. The number of anilines is 1. The van der Waals surface area contributed by atoms with E-state index >= 15 is 0 Å². The standard InChI is InChI=1S/C17H20N4/c18-17(21-16-10-3-4-11-19-16)20-12-14-8-5-7-13-6-1-2-9-15(13)14/h1-4,6,9-11,14H,5,7-8,12H2,(H3,18,19,20,21). The summed E-state index contributed by atoms with van der Waals surface area (Å²) in [4.78, 5) is 8.66. The first-order valence-corrected chi connectivity index (χ1v) is 7.39. The Hall–Kier alpha value is -2.36. The number of aliphatic imine (C=N–C) groups is 1. The third-order valence-corrected chi connectivity index (χ3v) is 3.90. The van der Waals surface area contributed by atoms with Gasteiger partial charge >= 0.3 is 0 Å². The number of pyridine rings is 1. The molecule has 1 unspecified atom stereocenters. The van der Waals surface area contributed by atoms with Crippen molar-refractivity contribution in [3.63, 3.8) is 0 Å². The van der Waals surface area contributed by atoms with Crippen LogP contribution in [0.25, 0.3) is 0 Å². The van der Waals surface area contributed by atoms with Crippen molar-refractivity contribution in [3.05, 3.63) is 59.8 Å². The van der Waals surface area contributed by atoms with Crippen LogP contribution in [0.5, 0.6) is 0 Å². The van der Waals surface area contributed by atoms with Crippen molar-refractivity contribution in [1.82, 2.24) is 4.98 Å². The number of rotatable bonds is 3. The maximum absolute atomic E-state index is 5.94. The van der Waals surface area contributed by atoms with Crippen LogP contribution in [0.2, 0.25) is 0 Å². The van der Waals surface area contributed by atoms with Gasteiger partial charge in [0.05, 0.1) is 0 Å². The Morgan fingerprint density at radius 3 is 2.95 bits per heavy atom. The van der Waals surface area contributed by atoms with Gasteiger partial charge in [-0.25, -0.2) is 4.98 Å².